The molecule has 1 aromatic rings. The molecule has 0 radical (unpaired) electrons. The van der Waals surface area contributed by atoms with E-state index in [0.717, 1.165) is 11.3 Å². The van der Waals surface area contributed by atoms with Crippen LogP contribution in [0.25, 0.3) is 0 Å². The van der Waals surface area contributed by atoms with Gasteiger partial charge in [0.15, 0.2) is 5.60 Å². The van der Waals surface area contributed by atoms with E-state index in [1.54, 1.807) is 18.9 Å². The Balaban J connectivity index is 1.89. The predicted octanol–water partition coefficient (Wildman–Crippen LogP) is -0.378. The van der Waals surface area contributed by atoms with Crippen molar-refractivity contribution in [3.8, 4) is 5.75 Å². The minimum absolute atomic E-state index is 0.0794. The van der Waals surface area contributed by atoms with Gasteiger partial charge >= 0.3 is 0 Å². The second-order valence-corrected chi connectivity index (χ2v) is 5.86. The number of hydrogen-bond donors (Lipinski definition) is 3. The molecule has 0 spiro atoms. The lowest BCUT2D eigenvalue weighted by molar-refractivity contribution is -0.136. The number of ether oxygens (including phenoxy) is 1. The highest BCUT2D eigenvalue weighted by Crippen LogP contribution is 2.22. The molecular formula is C16H23N3O4. The number of hydrogen-bond acceptors (Lipinski definition) is 5. The van der Waals surface area contributed by atoms with Gasteiger partial charge in [-0.2, -0.15) is 0 Å². The zero-order valence-corrected chi connectivity index (χ0v) is 13.4. The molecule has 23 heavy (non-hydrogen) atoms. The molecule has 1 aromatic carbocycles. The first-order valence-corrected chi connectivity index (χ1v) is 7.53. The fourth-order valence-corrected chi connectivity index (χ4v) is 2.64. The number of aliphatic hydroxyl groups is 1. The molecule has 1 saturated heterocycles. The number of nitrogens with zero attached hydrogens (tertiary/aromatic N) is 1. The Morgan fingerprint density at radius 2 is 2.26 bits per heavy atom. The van der Waals surface area contributed by atoms with Crippen molar-refractivity contribution < 1.29 is 19.4 Å². The maximum absolute atomic E-state index is 12.3. The Bertz CT molecular complexity index is 592. The van der Waals surface area contributed by atoms with Gasteiger partial charge in [-0.3, -0.25) is 14.5 Å². The maximum atomic E-state index is 12.3. The number of nitrogens with one attached hydrogen (secondary N) is 1. The number of β-amino-alcohol motifs (C(OH)–C–C–N with tert-alkyl or cyclic N) is 1. The van der Waals surface area contributed by atoms with Crippen LogP contribution in [0, 0.1) is 0 Å². The van der Waals surface area contributed by atoms with Crippen molar-refractivity contribution in [1.82, 2.24) is 10.2 Å². The van der Waals surface area contributed by atoms with Gasteiger partial charge in [-0.1, -0.05) is 12.1 Å². The third kappa shape index (κ3) is 4.00. The minimum Gasteiger partial charge on any atom is -0.497 e. The van der Waals surface area contributed by atoms with Gasteiger partial charge in [0.25, 0.3) is 5.91 Å². The molecule has 1 aliphatic heterocycles. The summed E-state index contributed by atoms with van der Waals surface area (Å²) in [6.45, 7) is 2.66. The quantitative estimate of drug-likeness (QED) is 0.662. The summed E-state index contributed by atoms with van der Waals surface area (Å²) in [5.41, 5.74) is 4.59. The normalized spacial score (nSPS) is 22.6. The number of benzene rings is 1. The zero-order valence-electron chi connectivity index (χ0n) is 13.4. The molecule has 0 unspecified atom stereocenters. The molecule has 2 rings (SSSR count). The first-order valence-electron chi connectivity index (χ1n) is 7.53. The molecule has 2 amide bonds. The fraction of sp³-hybridized carbons (Fsp3) is 0.500. The van der Waals surface area contributed by atoms with Crippen LogP contribution in [0.15, 0.2) is 24.3 Å². The molecule has 0 saturated carbocycles. The Morgan fingerprint density at radius 1 is 1.52 bits per heavy atom. The number of amides is 2. The first kappa shape index (κ1) is 17.2. The fourth-order valence-electron chi connectivity index (χ4n) is 2.64. The van der Waals surface area contributed by atoms with Crippen LogP contribution in [0.4, 0.5) is 0 Å². The Hall–Kier alpha value is -2.12. The molecule has 1 aliphatic rings. The first-order chi connectivity index (χ1) is 10.9. The van der Waals surface area contributed by atoms with Crippen molar-refractivity contribution in [1.29, 1.82) is 0 Å². The largest absolute Gasteiger partial charge is 0.497 e. The Labute approximate surface area is 135 Å². The van der Waals surface area contributed by atoms with E-state index in [-0.39, 0.29) is 18.9 Å². The second-order valence-electron chi connectivity index (χ2n) is 5.86. The summed E-state index contributed by atoms with van der Waals surface area (Å²) < 4.78 is 5.14. The van der Waals surface area contributed by atoms with E-state index in [4.69, 9.17) is 10.5 Å². The van der Waals surface area contributed by atoms with Gasteiger partial charge in [0.1, 0.15) is 5.75 Å². The minimum atomic E-state index is -1.54. The van der Waals surface area contributed by atoms with E-state index < -0.39 is 17.6 Å². The monoisotopic (exact) mass is 321 g/mol. The highest BCUT2D eigenvalue weighted by molar-refractivity contribution is 5.85. The zero-order chi connectivity index (χ0) is 17.0. The molecule has 0 aromatic heterocycles. The molecule has 1 heterocycles. The molecular weight excluding hydrogens is 298 g/mol. The van der Waals surface area contributed by atoms with Crippen molar-refractivity contribution in [3.63, 3.8) is 0 Å². The van der Waals surface area contributed by atoms with Crippen LogP contribution in [-0.4, -0.2) is 53.7 Å². The summed E-state index contributed by atoms with van der Waals surface area (Å²) in [6, 6.07) is 7.00. The van der Waals surface area contributed by atoms with Gasteiger partial charge in [-0.15, -0.1) is 0 Å². The lowest BCUT2D eigenvalue weighted by Gasteiger charge is -2.25. The van der Waals surface area contributed by atoms with E-state index in [1.807, 2.05) is 24.3 Å². The number of carbonyl (C=O) groups excluding carboxylic acids is 2. The van der Waals surface area contributed by atoms with Crippen LogP contribution in [0.3, 0.4) is 0 Å². The van der Waals surface area contributed by atoms with E-state index >= 15 is 0 Å². The summed E-state index contributed by atoms with van der Waals surface area (Å²) in [7, 11) is 1.59. The number of primary amides is 1. The molecule has 126 valence electrons. The molecule has 7 nitrogen and oxygen atoms in total. The molecule has 0 bridgehead atoms. The van der Waals surface area contributed by atoms with Crippen molar-refractivity contribution >= 4 is 11.8 Å². The summed E-state index contributed by atoms with van der Waals surface area (Å²) in [4.78, 5) is 25.3. The van der Waals surface area contributed by atoms with E-state index in [9.17, 15) is 14.7 Å². The number of likely N-dealkylation sites (tertiary alicyclic amines) is 1. The van der Waals surface area contributed by atoms with E-state index in [2.05, 4.69) is 5.32 Å². The molecule has 7 heteroatoms. The standard InChI is InChI=1S/C16H23N3O4/c1-11(19-7-6-16(22,10-19)15(17)21)14(20)18-9-12-4-3-5-13(8-12)23-2/h3-5,8,11,22H,6-7,9-10H2,1-2H3,(H2,17,21)(H,18,20)/t11-,16-/m1/s1. The summed E-state index contributed by atoms with van der Waals surface area (Å²) >= 11 is 0. The maximum Gasteiger partial charge on any atom is 0.250 e. The number of nitrogens with two attached hydrogens (primary N) is 1. The topological polar surface area (TPSA) is 105 Å². The van der Waals surface area contributed by atoms with E-state index in [1.165, 1.54) is 0 Å². The van der Waals surface area contributed by atoms with Crippen molar-refractivity contribution in [2.24, 2.45) is 5.73 Å². The van der Waals surface area contributed by atoms with Crippen molar-refractivity contribution in [2.45, 2.75) is 31.5 Å². The van der Waals surface area contributed by atoms with Crippen molar-refractivity contribution in [2.75, 3.05) is 20.2 Å². The lowest BCUT2D eigenvalue weighted by atomic mass is 10.0. The summed E-state index contributed by atoms with van der Waals surface area (Å²) in [6.07, 6.45) is 0.246. The highest BCUT2D eigenvalue weighted by Gasteiger charge is 2.43. The van der Waals surface area contributed by atoms with Crippen LogP contribution in [0.5, 0.6) is 5.75 Å². The van der Waals surface area contributed by atoms with Crippen LogP contribution >= 0.6 is 0 Å². The average Bonchev–Trinajstić information content (AvgIpc) is 2.96. The van der Waals surface area contributed by atoms with Gasteiger partial charge in [0.2, 0.25) is 5.91 Å². The smallest absolute Gasteiger partial charge is 0.250 e. The number of rotatable bonds is 6. The van der Waals surface area contributed by atoms with Gasteiger partial charge in [0.05, 0.1) is 13.2 Å². The highest BCUT2D eigenvalue weighted by atomic mass is 16.5. The second kappa shape index (κ2) is 6.97. The third-order valence-electron chi connectivity index (χ3n) is 4.26. The summed E-state index contributed by atoms with van der Waals surface area (Å²) in [5, 5.41) is 12.9. The van der Waals surface area contributed by atoms with Crippen LogP contribution < -0.4 is 15.8 Å². The summed E-state index contributed by atoms with van der Waals surface area (Å²) in [5.74, 6) is -0.179. The SMILES string of the molecule is COc1cccc(CNC(=O)[C@@H](C)N2CC[C@](O)(C(N)=O)C2)c1. The van der Waals surface area contributed by atoms with Gasteiger partial charge in [-0.05, 0) is 31.0 Å². The van der Waals surface area contributed by atoms with Gasteiger partial charge in [-0.25, -0.2) is 0 Å². The molecule has 0 aliphatic carbocycles. The molecule has 4 N–H and O–H groups in total. The molecule has 2 atom stereocenters. The number of carbonyl (C=O) groups is 2. The Kier molecular flexibility index (Phi) is 5.23. The number of methoxy groups -OCH3 is 1. The van der Waals surface area contributed by atoms with Gasteiger partial charge in [0, 0.05) is 19.6 Å². The molecule has 1 fully saturated rings. The van der Waals surface area contributed by atoms with Crippen LogP contribution in [0.1, 0.15) is 18.9 Å². The van der Waals surface area contributed by atoms with Crippen LogP contribution in [-0.2, 0) is 16.1 Å². The lowest BCUT2D eigenvalue weighted by Crippen LogP contribution is -2.49. The van der Waals surface area contributed by atoms with Crippen molar-refractivity contribution in [3.05, 3.63) is 29.8 Å². The van der Waals surface area contributed by atoms with Crippen LogP contribution in [0.2, 0.25) is 0 Å². The average molecular weight is 321 g/mol. The van der Waals surface area contributed by atoms with E-state index in [0.29, 0.717) is 13.1 Å². The predicted molar refractivity (Wildman–Crippen MR) is 84.6 cm³/mol. The van der Waals surface area contributed by atoms with Gasteiger partial charge < -0.3 is 20.9 Å². The Morgan fingerprint density at radius 3 is 2.87 bits per heavy atom. The third-order valence-corrected chi connectivity index (χ3v) is 4.26.